The molecule has 1 aliphatic carbocycles. The van der Waals surface area contributed by atoms with Gasteiger partial charge in [0, 0.05) is 38.7 Å². The Labute approximate surface area is 326 Å². The fourth-order valence-corrected chi connectivity index (χ4v) is 9.96. The van der Waals surface area contributed by atoms with Gasteiger partial charge in [0.05, 0.1) is 22.4 Å². The summed E-state index contributed by atoms with van der Waals surface area (Å²) in [6.45, 7) is 2.43. The molecule has 0 saturated carbocycles. The van der Waals surface area contributed by atoms with Gasteiger partial charge in [0.15, 0.2) is 0 Å². The predicted octanol–water partition coefficient (Wildman–Crippen LogP) is 14.4. The number of rotatable bonds is 2. The Morgan fingerprint density at radius 1 is 0.393 bits per heavy atom. The van der Waals surface area contributed by atoms with Crippen LogP contribution < -0.4 is 4.90 Å². The summed E-state index contributed by atoms with van der Waals surface area (Å²) >= 11 is 0. The highest BCUT2D eigenvalue weighted by molar-refractivity contribution is 6.11. The zero-order valence-corrected chi connectivity index (χ0v) is 30.9. The lowest BCUT2D eigenvalue weighted by atomic mass is 9.74. The second-order valence-electron chi connectivity index (χ2n) is 15.4. The highest BCUT2D eigenvalue weighted by Crippen LogP contribution is 2.58. The van der Waals surface area contributed by atoms with Crippen LogP contribution in [0, 0.1) is 0 Å². The van der Waals surface area contributed by atoms with Crippen LogP contribution in [-0.2, 0) is 5.41 Å². The van der Waals surface area contributed by atoms with Crippen LogP contribution in [0.1, 0.15) is 23.6 Å². The monoisotopic (exact) mass is 712 g/mol. The molecule has 1 aliphatic heterocycles. The molecule has 1 aromatic heterocycles. The molecule has 2 heterocycles. The summed E-state index contributed by atoms with van der Waals surface area (Å²) in [5, 5.41) is 4.97. The highest BCUT2D eigenvalue weighted by atomic mass is 15.1. The lowest BCUT2D eigenvalue weighted by molar-refractivity contribution is 0.715. The molecule has 0 radical (unpaired) electrons. The largest absolute Gasteiger partial charge is 0.309 e. The van der Waals surface area contributed by atoms with Crippen molar-refractivity contribution in [2.75, 3.05) is 4.90 Å². The smallest absolute Gasteiger partial charge is 0.0544 e. The van der Waals surface area contributed by atoms with Crippen molar-refractivity contribution in [1.82, 2.24) is 4.57 Å². The summed E-state index contributed by atoms with van der Waals surface area (Å²) in [5.74, 6) is 0. The maximum atomic E-state index is 2.51. The van der Waals surface area contributed by atoms with Crippen molar-refractivity contribution in [2.45, 2.75) is 12.3 Å². The average Bonchev–Trinajstić information content (AvgIpc) is 3.74. The first-order valence-electron chi connectivity index (χ1n) is 19.5. The third-order valence-corrected chi connectivity index (χ3v) is 12.6. The molecule has 0 saturated heterocycles. The van der Waals surface area contributed by atoms with Crippen LogP contribution in [0.5, 0.6) is 0 Å². The van der Waals surface area contributed by atoms with Crippen molar-refractivity contribution in [2.24, 2.45) is 0 Å². The van der Waals surface area contributed by atoms with Crippen LogP contribution in [0.15, 0.2) is 200 Å². The van der Waals surface area contributed by atoms with E-state index < -0.39 is 5.41 Å². The van der Waals surface area contributed by atoms with Gasteiger partial charge >= 0.3 is 0 Å². The maximum Gasteiger partial charge on any atom is 0.0544 e. The number of benzene rings is 9. The summed E-state index contributed by atoms with van der Waals surface area (Å²) in [7, 11) is 0. The van der Waals surface area contributed by atoms with Crippen LogP contribution in [0.3, 0.4) is 0 Å². The van der Waals surface area contributed by atoms with E-state index in [1.807, 2.05) is 0 Å². The first-order valence-corrected chi connectivity index (χ1v) is 19.5. The Bertz CT molecular complexity index is 3210. The van der Waals surface area contributed by atoms with E-state index in [4.69, 9.17) is 0 Å². The molecule has 0 amide bonds. The SMILES string of the molecule is CC12c3ccc4c5ccccc5n(c4c3)-c3cc(c4ccccc4c3)-c3ccccc3N(c3ccc(-c4ccccc4)cc3)c3cccc1c3-c1ccccc12. The number of hydrogen-bond donors (Lipinski definition) is 0. The Kier molecular flexibility index (Phi) is 6.50. The van der Waals surface area contributed by atoms with Gasteiger partial charge in [-0.1, -0.05) is 152 Å². The van der Waals surface area contributed by atoms with Gasteiger partial charge in [-0.3, -0.25) is 0 Å². The Balaban J connectivity index is 1.26. The van der Waals surface area contributed by atoms with Gasteiger partial charge in [0.1, 0.15) is 0 Å². The van der Waals surface area contributed by atoms with Crippen LogP contribution in [0.25, 0.3) is 71.6 Å². The third kappa shape index (κ3) is 4.27. The number of para-hydroxylation sites is 2. The standard InChI is InChI=1S/C54H36N2/c1-54-38-28-31-44-42-18-8-11-23-49(42)56(52(44)33-38)40-32-37-16-5-6-17-41(37)46(34-40)43-19-9-12-24-50(43)55(39-29-26-36(27-30-39)35-14-3-2-4-15-35)51-25-13-22-48(54)53(51)45-20-7-10-21-47(45)54/h2-34H,1H3. The van der Waals surface area contributed by atoms with Crippen molar-refractivity contribution in [3.05, 3.63) is 217 Å². The molecule has 2 nitrogen and oxygen atoms in total. The lowest BCUT2D eigenvalue weighted by Crippen LogP contribution is -2.22. The van der Waals surface area contributed by atoms with E-state index in [-0.39, 0.29) is 0 Å². The molecule has 56 heavy (non-hydrogen) atoms. The Hall–Kier alpha value is -7.16. The van der Waals surface area contributed by atoms with Gasteiger partial charge in [-0.05, 0) is 105 Å². The molecule has 0 N–H and O–H groups in total. The van der Waals surface area contributed by atoms with E-state index in [0.29, 0.717) is 0 Å². The van der Waals surface area contributed by atoms with E-state index >= 15 is 0 Å². The van der Waals surface area contributed by atoms with E-state index in [1.165, 1.54) is 88.3 Å². The minimum absolute atomic E-state index is 0.390. The highest BCUT2D eigenvalue weighted by Gasteiger charge is 2.43. The van der Waals surface area contributed by atoms with Crippen molar-refractivity contribution in [3.63, 3.8) is 0 Å². The van der Waals surface area contributed by atoms with Crippen LogP contribution >= 0.6 is 0 Å². The average molecular weight is 713 g/mol. The molecule has 2 heteroatoms. The molecule has 1 unspecified atom stereocenters. The fraction of sp³-hybridized carbons (Fsp3) is 0.0370. The molecule has 0 spiro atoms. The summed E-state index contributed by atoms with van der Waals surface area (Å²) in [4.78, 5) is 2.51. The topological polar surface area (TPSA) is 8.17 Å². The molecule has 0 fully saturated rings. The molecule has 1 atom stereocenters. The van der Waals surface area contributed by atoms with Crippen molar-refractivity contribution in [3.8, 4) is 39.1 Å². The molecule has 8 bridgehead atoms. The van der Waals surface area contributed by atoms with Gasteiger partial charge in [-0.15, -0.1) is 0 Å². The molecule has 12 rings (SSSR count). The number of hydrogen-bond acceptors (Lipinski definition) is 1. The molecular weight excluding hydrogens is 677 g/mol. The first-order chi connectivity index (χ1) is 27.7. The summed E-state index contributed by atoms with van der Waals surface area (Å²) < 4.78 is 2.50. The number of fused-ring (bicyclic) bond motifs is 14. The van der Waals surface area contributed by atoms with Crippen molar-refractivity contribution >= 4 is 49.6 Å². The van der Waals surface area contributed by atoms with Gasteiger partial charge < -0.3 is 9.47 Å². The normalized spacial score (nSPS) is 15.3. The lowest BCUT2D eigenvalue weighted by Gasteiger charge is -2.32. The third-order valence-electron chi connectivity index (χ3n) is 12.6. The zero-order chi connectivity index (χ0) is 37.0. The molecular formula is C54H36N2. The van der Waals surface area contributed by atoms with Crippen molar-refractivity contribution < 1.29 is 0 Å². The summed E-state index contributed by atoms with van der Waals surface area (Å²) in [6.07, 6.45) is 0. The summed E-state index contributed by atoms with van der Waals surface area (Å²) in [5.41, 5.74) is 17.9. The van der Waals surface area contributed by atoms with E-state index in [0.717, 1.165) is 17.1 Å². The van der Waals surface area contributed by atoms with Gasteiger partial charge in [0.25, 0.3) is 0 Å². The van der Waals surface area contributed by atoms with Gasteiger partial charge in [-0.25, -0.2) is 0 Å². The van der Waals surface area contributed by atoms with E-state index in [2.05, 4.69) is 217 Å². The second-order valence-corrected chi connectivity index (χ2v) is 15.4. The first kappa shape index (κ1) is 31.2. The van der Waals surface area contributed by atoms with Crippen molar-refractivity contribution in [1.29, 1.82) is 0 Å². The quantitative estimate of drug-likeness (QED) is 0.173. The molecule has 2 aliphatic rings. The van der Waals surface area contributed by atoms with Gasteiger partial charge in [0.2, 0.25) is 0 Å². The van der Waals surface area contributed by atoms with E-state index in [1.54, 1.807) is 0 Å². The van der Waals surface area contributed by atoms with Gasteiger partial charge in [-0.2, -0.15) is 0 Å². The minimum atomic E-state index is -0.390. The number of anilines is 3. The maximum absolute atomic E-state index is 2.51. The van der Waals surface area contributed by atoms with Crippen LogP contribution in [0.2, 0.25) is 0 Å². The summed E-state index contributed by atoms with van der Waals surface area (Å²) in [6, 6.07) is 74.6. The molecule has 9 aromatic carbocycles. The van der Waals surface area contributed by atoms with Crippen LogP contribution in [0.4, 0.5) is 17.1 Å². The number of aromatic nitrogens is 1. The Morgan fingerprint density at radius 3 is 1.93 bits per heavy atom. The van der Waals surface area contributed by atoms with E-state index in [9.17, 15) is 0 Å². The molecule has 10 aromatic rings. The Morgan fingerprint density at radius 2 is 1.05 bits per heavy atom. The fourth-order valence-electron chi connectivity index (χ4n) is 9.96. The molecule has 262 valence electrons. The second kappa shape index (κ2) is 11.7. The minimum Gasteiger partial charge on any atom is -0.309 e. The number of nitrogens with zero attached hydrogens (tertiary/aromatic N) is 2. The predicted molar refractivity (Wildman–Crippen MR) is 235 cm³/mol. The zero-order valence-electron chi connectivity index (χ0n) is 30.9. The van der Waals surface area contributed by atoms with Crippen LogP contribution in [-0.4, -0.2) is 4.57 Å².